The van der Waals surface area contributed by atoms with Crippen molar-refractivity contribution in [2.45, 2.75) is 58.5 Å². The summed E-state index contributed by atoms with van der Waals surface area (Å²) in [6.07, 6.45) is 4.92. The molecular formula is C14H26N2O2. The van der Waals surface area contributed by atoms with Crippen molar-refractivity contribution in [3.05, 3.63) is 0 Å². The zero-order valence-electron chi connectivity index (χ0n) is 11.8. The molecule has 4 nitrogen and oxygen atoms in total. The van der Waals surface area contributed by atoms with E-state index in [2.05, 4.69) is 24.1 Å². The van der Waals surface area contributed by atoms with Crippen LogP contribution in [0.15, 0.2) is 0 Å². The van der Waals surface area contributed by atoms with Gasteiger partial charge in [0, 0.05) is 18.5 Å². The standard InChI is InChI=1S/C14H26N2O2/c1-4-13(5-2)15-14(18)11(3)16-8-6-7-12(9-16)10-17/h10-13H,4-9H2,1-3H3,(H,15,18). The van der Waals surface area contributed by atoms with E-state index < -0.39 is 0 Å². The smallest absolute Gasteiger partial charge is 0.237 e. The molecule has 0 radical (unpaired) electrons. The molecule has 4 heteroatoms. The van der Waals surface area contributed by atoms with Gasteiger partial charge in [0.2, 0.25) is 5.91 Å². The van der Waals surface area contributed by atoms with Crippen molar-refractivity contribution in [3.63, 3.8) is 0 Å². The zero-order chi connectivity index (χ0) is 13.5. The van der Waals surface area contributed by atoms with Gasteiger partial charge >= 0.3 is 0 Å². The predicted molar refractivity (Wildman–Crippen MR) is 72.3 cm³/mol. The first-order chi connectivity index (χ1) is 8.62. The van der Waals surface area contributed by atoms with Crippen molar-refractivity contribution >= 4 is 12.2 Å². The second-order valence-electron chi connectivity index (χ2n) is 5.23. The molecule has 0 saturated carbocycles. The van der Waals surface area contributed by atoms with Crippen molar-refractivity contribution in [1.82, 2.24) is 10.2 Å². The molecule has 104 valence electrons. The molecule has 0 aromatic heterocycles. The Kier molecular flexibility index (Phi) is 6.33. The number of hydrogen-bond acceptors (Lipinski definition) is 3. The van der Waals surface area contributed by atoms with Gasteiger partial charge in [-0.15, -0.1) is 0 Å². The van der Waals surface area contributed by atoms with Crippen LogP contribution in [0.5, 0.6) is 0 Å². The molecule has 1 heterocycles. The number of carbonyl (C=O) groups is 2. The van der Waals surface area contributed by atoms with Gasteiger partial charge in [0.05, 0.1) is 6.04 Å². The van der Waals surface area contributed by atoms with Crippen molar-refractivity contribution in [2.75, 3.05) is 13.1 Å². The van der Waals surface area contributed by atoms with E-state index in [0.717, 1.165) is 45.1 Å². The number of nitrogens with one attached hydrogen (secondary N) is 1. The minimum Gasteiger partial charge on any atom is -0.352 e. The summed E-state index contributed by atoms with van der Waals surface area (Å²) in [5.74, 6) is 0.192. The number of aldehydes is 1. The van der Waals surface area contributed by atoms with Crippen LogP contribution in [0.4, 0.5) is 0 Å². The number of rotatable bonds is 6. The molecule has 1 aliphatic rings. The Morgan fingerprint density at radius 2 is 2.11 bits per heavy atom. The number of piperidine rings is 1. The van der Waals surface area contributed by atoms with Gasteiger partial charge in [-0.25, -0.2) is 0 Å². The number of carbonyl (C=O) groups excluding carboxylic acids is 2. The van der Waals surface area contributed by atoms with E-state index in [1.54, 1.807) is 0 Å². The first-order valence-electron chi connectivity index (χ1n) is 7.12. The minimum atomic E-state index is -0.131. The topological polar surface area (TPSA) is 49.4 Å². The molecule has 1 fully saturated rings. The molecule has 1 aliphatic heterocycles. The summed E-state index contributed by atoms with van der Waals surface area (Å²) in [7, 11) is 0. The molecule has 1 amide bonds. The Bertz CT molecular complexity index is 277. The molecule has 0 spiro atoms. The van der Waals surface area contributed by atoms with E-state index in [1.165, 1.54) is 0 Å². The maximum atomic E-state index is 12.1. The summed E-state index contributed by atoms with van der Waals surface area (Å²) in [5.41, 5.74) is 0. The van der Waals surface area contributed by atoms with Crippen LogP contribution in [-0.4, -0.2) is 42.3 Å². The molecule has 0 aromatic rings. The summed E-state index contributed by atoms with van der Waals surface area (Å²) < 4.78 is 0. The second-order valence-corrected chi connectivity index (χ2v) is 5.23. The molecular weight excluding hydrogens is 228 g/mol. The highest BCUT2D eigenvalue weighted by molar-refractivity contribution is 5.81. The van der Waals surface area contributed by atoms with Crippen LogP contribution in [0.25, 0.3) is 0 Å². The lowest BCUT2D eigenvalue weighted by atomic mass is 9.98. The van der Waals surface area contributed by atoms with E-state index in [4.69, 9.17) is 0 Å². The summed E-state index contributed by atoms with van der Waals surface area (Å²) >= 11 is 0. The predicted octanol–water partition coefficient (Wildman–Crippen LogP) is 1.59. The Labute approximate surface area is 110 Å². The number of likely N-dealkylation sites (tertiary alicyclic amines) is 1. The number of hydrogen-bond donors (Lipinski definition) is 1. The average Bonchev–Trinajstić information content (AvgIpc) is 2.43. The molecule has 0 aliphatic carbocycles. The Morgan fingerprint density at radius 1 is 1.44 bits per heavy atom. The molecule has 2 unspecified atom stereocenters. The first-order valence-corrected chi connectivity index (χ1v) is 7.12. The van der Waals surface area contributed by atoms with Crippen LogP contribution in [0.3, 0.4) is 0 Å². The first kappa shape index (κ1) is 15.2. The number of amides is 1. The second kappa shape index (κ2) is 7.52. The summed E-state index contributed by atoms with van der Waals surface area (Å²) in [6, 6.07) is 0.139. The van der Waals surface area contributed by atoms with Crippen LogP contribution in [0.2, 0.25) is 0 Å². The molecule has 2 atom stereocenters. The zero-order valence-corrected chi connectivity index (χ0v) is 11.8. The van der Waals surface area contributed by atoms with Gasteiger partial charge in [0.15, 0.2) is 0 Å². The summed E-state index contributed by atoms with van der Waals surface area (Å²) in [6.45, 7) is 7.75. The highest BCUT2D eigenvalue weighted by Gasteiger charge is 2.27. The maximum absolute atomic E-state index is 12.1. The van der Waals surface area contributed by atoms with E-state index in [9.17, 15) is 9.59 Å². The lowest BCUT2D eigenvalue weighted by Gasteiger charge is -2.34. The van der Waals surface area contributed by atoms with Crippen molar-refractivity contribution in [3.8, 4) is 0 Å². The van der Waals surface area contributed by atoms with Crippen LogP contribution in [0, 0.1) is 5.92 Å². The van der Waals surface area contributed by atoms with Gasteiger partial charge in [0.25, 0.3) is 0 Å². The minimum absolute atomic E-state index is 0.0928. The highest BCUT2D eigenvalue weighted by atomic mass is 16.2. The molecule has 1 saturated heterocycles. The third-order valence-corrected chi connectivity index (χ3v) is 3.94. The van der Waals surface area contributed by atoms with Gasteiger partial charge in [-0.1, -0.05) is 13.8 Å². The van der Waals surface area contributed by atoms with Crippen molar-refractivity contribution in [2.24, 2.45) is 5.92 Å². The lowest BCUT2D eigenvalue weighted by Crippen LogP contribution is -2.51. The van der Waals surface area contributed by atoms with Gasteiger partial charge in [-0.2, -0.15) is 0 Å². The monoisotopic (exact) mass is 254 g/mol. The number of nitrogens with zero attached hydrogens (tertiary/aromatic N) is 1. The fourth-order valence-electron chi connectivity index (χ4n) is 2.48. The molecule has 0 aromatic carbocycles. The van der Waals surface area contributed by atoms with Crippen LogP contribution in [-0.2, 0) is 9.59 Å². The largest absolute Gasteiger partial charge is 0.352 e. The molecule has 18 heavy (non-hydrogen) atoms. The van der Waals surface area contributed by atoms with Crippen LogP contribution < -0.4 is 5.32 Å². The van der Waals surface area contributed by atoms with E-state index >= 15 is 0 Å². The van der Waals surface area contributed by atoms with E-state index in [1.807, 2.05) is 6.92 Å². The van der Waals surface area contributed by atoms with Crippen molar-refractivity contribution in [1.29, 1.82) is 0 Å². The SMILES string of the molecule is CCC(CC)NC(=O)C(C)N1CCCC(C=O)C1. The molecule has 1 rings (SSSR count). The fraction of sp³-hybridized carbons (Fsp3) is 0.857. The van der Waals surface area contributed by atoms with Gasteiger partial charge in [-0.3, -0.25) is 9.69 Å². The van der Waals surface area contributed by atoms with Gasteiger partial charge < -0.3 is 10.1 Å². The van der Waals surface area contributed by atoms with E-state index in [0.29, 0.717) is 0 Å². The highest BCUT2D eigenvalue weighted by Crippen LogP contribution is 2.17. The Hall–Kier alpha value is -0.900. The summed E-state index contributed by atoms with van der Waals surface area (Å²) in [5, 5.41) is 3.08. The average molecular weight is 254 g/mol. The molecule has 1 N–H and O–H groups in total. The fourth-order valence-corrected chi connectivity index (χ4v) is 2.48. The van der Waals surface area contributed by atoms with Gasteiger partial charge in [0.1, 0.15) is 6.29 Å². The normalized spacial score (nSPS) is 22.8. The Balaban J connectivity index is 2.49. The van der Waals surface area contributed by atoms with E-state index in [-0.39, 0.29) is 23.9 Å². The Morgan fingerprint density at radius 3 is 2.67 bits per heavy atom. The summed E-state index contributed by atoms with van der Waals surface area (Å²) in [4.78, 5) is 25.1. The maximum Gasteiger partial charge on any atom is 0.237 e. The van der Waals surface area contributed by atoms with Crippen molar-refractivity contribution < 1.29 is 9.59 Å². The third-order valence-electron chi connectivity index (χ3n) is 3.94. The van der Waals surface area contributed by atoms with Crippen LogP contribution >= 0.6 is 0 Å². The van der Waals surface area contributed by atoms with Gasteiger partial charge in [-0.05, 0) is 39.2 Å². The van der Waals surface area contributed by atoms with Crippen LogP contribution in [0.1, 0.15) is 46.5 Å². The lowest BCUT2D eigenvalue weighted by molar-refractivity contribution is -0.128. The molecule has 0 bridgehead atoms. The third kappa shape index (κ3) is 4.09. The quantitative estimate of drug-likeness (QED) is 0.732.